The number of aliphatic hydroxyl groups is 1. The number of aryl methyl sites for hydroxylation is 1. The lowest BCUT2D eigenvalue weighted by Crippen LogP contribution is -2.52. The summed E-state index contributed by atoms with van der Waals surface area (Å²) in [7, 11) is 0. The van der Waals surface area contributed by atoms with Crippen LogP contribution in [0.2, 0.25) is 0 Å². The largest absolute Gasteiger partial charge is 0.458 e. The van der Waals surface area contributed by atoms with Gasteiger partial charge in [-0.2, -0.15) is 0 Å². The van der Waals surface area contributed by atoms with Gasteiger partial charge >= 0.3 is 5.97 Å². The number of carbonyl (C=O) groups is 8. The molecule has 354 valence electrons. The van der Waals surface area contributed by atoms with Gasteiger partial charge in [0.05, 0.1) is 54.3 Å². The number of unbranched alkanes of at least 4 members (excludes halogenated alkanes) is 2. The van der Waals surface area contributed by atoms with E-state index in [9.17, 15) is 48.3 Å². The third-order valence-electron chi connectivity index (χ3n) is 12.3. The van der Waals surface area contributed by atoms with E-state index in [1.807, 2.05) is 0 Å². The van der Waals surface area contributed by atoms with Crippen LogP contribution in [0, 0.1) is 5.82 Å². The minimum atomic E-state index is -2.01. The standard InChI is InChI=1S/C47H47FN8O11S/c1-2-47(66)29-18-33-41-27(23-56(33)45(64)28(29)24-67-46(47)65)26-14-16-68-43-40(26)31(53-41)19-30(48)42(43)54-37(60)22-51-44(63)32(17-25-9-5-3-6-10-25)52-36(59)21-50-35(58)20-49-34(57)11-7-4-8-15-55-38(61)12-13-39(55)62/h3,5-6,9-10,12-13,18-19,32,66H,2,4,7-8,11,14-17,20-24H2,1H3,(H,49,57)(H,50,58)(H,51,63)(H,52,59)(H,54,60)/t32-,47-/m0/s1. The second-order valence-electron chi connectivity index (χ2n) is 16.7. The molecule has 68 heavy (non-hydrogen) atoms. The Hall–Kier alpha value is -7.26. The van der Waals surface area contributed by atoms with Gasteiger partial charge < -0.3 is 41.0 Å². The first kappa shape index (κ1) is 47.2. The molecule has 0 radical (unpaired) electrons. The first-order valence-electron chi connectivity index (χ1n) is 22.1. The summed E-state index contributed by atoms with van der Waals surface area (Å²) in [4.78, 5) is 121. The molecule has 0 spiro atoms. The maximum atomic E-state index is 16.1. The molecule has 6 heterocycles. The van der Waals surface area contributed by atoms with Gasteiger partial charge in [-0.3, -0.25) is 43.3 Å². The van der Waals surface area contributed by atoms with Crippen LogP contribution in [0.15, 0.2) is 64.3 Å². The smallest absolute Gasteiger partial charge is 0.343 e. The molecule has 0 unspecified atom stereocenters. The van der Waals surface area contributed by atoms with Crippen LogP contribution in [0.3, 0.4) is 0 Å². The minimum Gasteiger partial charge on any atom is -0.458 e. The van der Waals surface area contributed by atoms with Crippen molar-refractivity contribution in [2.45, 2.75) is 81.6 Å². The molecule has 4 aliphatic rings. The number of hydrogen-bond acceptors (Lipinski definition) is 13. The van der Waals surface area contributed by atoms with Gasteiger partial charge in [-0.1, -0.05) is 43.7 Å². The van der Waals surface area contributed by atoms with Crippen molar-refractivity contribution in [3.8, 4) is 11.4 Å². The monoisotopic (exact) mass is 950 g/mol. The molecule has 8 rings (SSSR count). The summed E-state index contributed by atoms with van der Waals surface area (Å²) in [6.45, 7) is 0.196. The summed E-state index contributed by atoms with van der Waals surface area (Å²) >= 11 is 1.32. The van der Waals surface area contributed by atoms with Gasteiger partial charge in [0.15, 0.2) is 5.60 Å². The number of nitrogens with one attached hydrogen (secondary N) is 5. The molecule has 2 atom stereocenters. The number of imide groups is 1. The highest BCUT2D eigenvalue weighted by Crippen LogP contribution is 2.47. The molecular formula is C47H47FN8O11S. The first-order chi connectivity index (χ1) is 32.7. The average Bonchev–Trinajstić information content (AvgIpc) is 3.87. The Kier molecular flexibility index (Phi) is 13.8. The van der Waals surface area contributed by atoms with Crippen LogP contribution in [0.1, 0.15) is 66.8 Å². The summed E-state index contributed by atoms with van der Waals surface area (Å²) in [6.07, 6.45) is 4.63. The highest BCUT2D eigenvalue weighted by atomic mass is 32.2. The van der Waals surface area contributed by atoms with Crippen LogP contribution in [-0.2, 0) is 74.7 Å². The van der Waals surface area contributed by atoms with Crippen molar-refractivity contribution in [2.24, 2.45) is 0 Å². The molecule has 0 fully saturated rings. The third kappa shape index (κ3) is 9.61. The van der Waals surface area contributed by atoms with E-state index in [1.165, 1.54) is 34.5 Å². The van der Waals surface area contributed by atoms with Gasteiger partial charge in [-0.05, 0) is 42.9 Å². The van der Waals surface area contributed by atoms with Crippen LogP contribution in [0.4, 0.5) is 10.1 Å². The van der Waals surface area contributed by atoms with Gasteiger partial charge in [0.1, 0.15) is 18.5 Å². The molecule has 2 aromatic heterocycles. The Morgan fingerprint density at radius 3 is 2.35 bits per heavy atom. The third-order valence-corrected chi connectivity index (χ3v) is 13.4. The zero-order valence-electron chi connectivity index (χ0n) is 36.8. The van der Waals surface area contributed by atoms with Gasteiger partial charge in [0.25, 0.3) is 17.4 Å². The van der Waals surface area contributed by atoms with Crippen LogP contribution in [-0.4, -0.2) is 105 Å². The van der Waals surface area contributed by atoms with E-state index >= 15 is 4.39 Å². The predicted octanol–water partition coefficient (Wildman–Crippen LogP) is 1.37. The number of halogens is 1. The lowest BCUT2D eigenvalue weighted by Gasteiger charge is -2.31. The molecule has 0 bridgehead atoms. The van der Waals surface area contributed by atoms with Crippen molar-refractivity contribution in [3.05, 3.63) is 98.6 Å². The average molecular weight is 951 g/mol. The van der Waals surface area contributed by atoms with Crippen molar-refractivity contribution in [3.63, 3.8) is 0 Å². The SMILES string of the molecule is CC[C@@]1(O)C(=O)OCc2c1cc1n(c2=O)Cc2c-1nc1cc(F)c(NC(=O)CNC(=O)[C@H](Cc3ccccc3)NC(=O)CNC(=O)CNC(=O)CCCCCN3C(=O)C=CC3=O)c3c1c2CCS3. The fourth-order valence-electron chi connectivity index (χ4n) is 8.73. The van der Waals surface area contributed by atoms with E-state index in [0.29, 0.717) is 58.7 Å². The van der Waals surface area contributed by atoms with Gasteiger partial charge in [-0.25, -0.2) is 14.2 Å². The Balaban J connectivity index is 0.874. The number of carbonyl (C=O) groups excluding carboxylic acids is 8. The first-order valence-corrected chi connectivity index (χ1v) is 23.1. The van der Waals surface area contributed by atoms with Crippen LogP contribution < -0.4 is 32.1 Å². The molecule has 19 nitrogen and oxygen atoms in total. The molecule has 6 N–H and O–H groups in total. The maximum absolute atomic E-state index is 16.1. The number of anilines is 1. The molecule has 2 aromatic carbocycles. The van der Waals surface area contributed by atoms with Crippen LogP contribution in [0.5, 0.6) is 0 Å². The Bertz CT molecular complexity index is 2870. The molecule has 0 saturated heterocycles. The number of ether oxygens (including phenoxy) is 1. The number of hydrogen-bond donors (Lipinski definition) is 6. The van der Waals surface area contributed by atoms with Crippen molar-refractivity contribution in [2.75, 3.05) is 37.2 Å². The van der Waals surface area contributed by atoms with Crippen molar-refractivity contribution in [1.29, 1.82) is 0 Å². The molecule has 7 amide bonds. The number of fused-ring (bicyclic) bond motifs is 5. The molecule has 21 heteroatoms. The quantitative estimate of drug-likeness (QED) is 0.0413. The number of nitrogens with zero attached hydrogens (tertiary/aromatic N) is 3. The topological polar surface area (TPSA) is 264 Å². The Labute approximate surface area is 391 Å². The predicted molar refractivity (Wildman–Crippen MR) is 243 cm³/mol. The zero-order valence-corrected chi connectivity index (χ0v) is 37.6. The van der Waals surface area contributed by atoms with E-state index in [0.717, 1.165) is 16.0 Å². The maximum Gasteiger partial charge on any atom is 0.343 e. The van der Waals surface area contributed by atoms with Gasteiger partial charge in [0, 0.05) is 64.8 Å². The van der Waals surface area contributed by atoms with Gasteiger partial charge in [-0.15, -0.1) is 11.8 Å². The molecule has 4 aliphatic heterocycles. The lowest BCUT2D eigenvalue weighted by atomic mass is 9.86. The summed E-state index contributed by atoms with van der Waals surface area (Å²) in [6, 6.07) is 10.4. The van der Waals surface area contributed by atoms with Crippen LogP contribution >= 0.6 is 11.8 Å². The van der Waals surface area contributed by atoms with Crippen molar-refractivity contribution >= 4 is 75.7 Å². The Morgan fingerprint density at radius 2 is 1.60 bits per heavy atom. The minimum absolute atomic E-state index is 0.0213. The lowest BCUT2D eigenvalue weighted by molar-refractivity contribution is -0.172. The fraction of sp³-hybridized carbons (Fsp3) is 0.362. The fourth-order valence-corrected chi connectivity index (χ4v) is 9.91. The van der Waals surface area contributed by atoms with E-state index in [-0.39, 0.29) is 73.1 Å². The number of aromatic nitrogens is 2. The number of benzene rings is 2. The van der Waals surface area contributed by atoms with Crippen molar-refractivity contribution < 1.29 is 52.6 Å². The zero-order chi connectivity index (χ0) is 48.3. The van der Waals surface area contributed by atoms with E-state index in [4.69, 9.17) is 9.72 Å². The second-order valence-corrected chi connectivity index (χ2v) is 17.8. The highest BCUT2D eigenvalue weighted by Gasteiger charge is 2.46. The summed E-state index contributed by atoms with van der Waals surface area (Å²) in [5, 5.41) is 24.4. The summed E-state index contributed by atoms with van der Waals surface area (Å²) in [5.74, 6) is -5.13. The number of pyridine rings is 2. The normalized spacial score (nSPS) is 16.9. The summed E-state index contributed by atoms with van der Waals surface area (Å²) < 4.78 is 22.8. The van der Waals surface area contributed by atoms with Gasteiger partial charge in [0.2, 0.25) is 29.5 Å². The highest BCUT2D eigenvalue weighted by molar-refractivity contribution is 7.99. The molecular weight excluding hydrogens is 904 g/mol. The number of amides is 7. The van der Waals surface area contributed by atoms with E-state index in [2.05, 4.69) is 26.6 Å². The molecule has 0 aliphatic carbocycles. The van der Waals surface area contributed by atoms with E-state index in [1.54, 1.807) is 43.3 Å². The number of esters is 1. The number of rotatable bonds is 18. The number of cyclic esters (lactones) is 1. The van der Waals surface area contributed by atoms with Crippen molar-refractivity contribution in [1.82, 2.24) is 35.7 Å². The summed E-state index contributed by atoms with van der Waals surface area (Å²) in [5.41, 5.74) is 1.11. The van der Waals surface area contributed by atoms with Crippen LogP contribution in [0.25, 0.3) is 22.3 Å². The molecule has 0 saturated carbocycles. The van der Waals surface area contributed by atoms with E-state index < -0.39 is 78.2 Å². The Morgan fingerprint density at radius 1 is 0.882 bits per heavy atom. The molecule has 4 aromatic rings. The second kappa shape index (κ2) is 19.9. The number of thioether (sulfide) groups is 1.